The highest BCUT2D eigenvalue weighted by atomic mass is 127. The summed E-state index contributed by atoms with van der Waals surface area (Å²) in [7, 11) is 1.61. The molecule has 21 heavy (non-hydrogen) atoms. The predicted molar refractivity (Wildman–Crippen MR) is 83.9 cm³/mol. The Morgan fingerprint density at radius 2 is 2.05 bits per heavy atom. The average Bonchev–Trinajstić information content (AvgIpc) is 2.93. The molecule has 6 heteroatoms. The lowest BCUT2D eigenvalue weighted by Crippen LogP contribution is -2.45. The van der Waals surface area contributed by atoms with Gasteiger partial charge in [-0.3, -0.25) is 4.79 Å². The van der Waals surface area contributed by atoms with Crippen molar-refractivity contribution in [2.45, 2.75) is 28.5 Å². The van der Waals surface area contributed by atoms with Crippen LogP contribution in [0.5, 0.6) is 11.5 Å². The number of aliphatic hydroxyl groups excluding tert-OH is 1. The third-order valence-electron chi connectivity index (χ3n) is 4.29. The lowest BCUT2D eigenvalue weighted by atomic mass is 9.90. The lowest BCUT2D eigenvalue weighted by molar-refractivity contribution is -0.150. The van der Waals surface area contributed by atoms with E-state index >= 15 is 0 Å². The van der Waals surface area contributed by atoms with Crippen LogP contribution in [-0.2, 0) is 9.53 Å². The van der Waals surface area contributed by atoms with Crippen molar-refractivity contribution in [3.05, 3.63) is 24.3 Å². The van der Waals surface area contributed by atoms with Crippen molar-refractivity contribution < 1.29 is 24.1 Å². The Bertz CT molecular complexity index is 531. The fourth-order valence-corrected chi connectivity index (χ4v) is 4.40. The number of carbonyl (C=O) groups excluding carboxylic acids is 1. The number of rotatable bonds is 4. The van der Waals surface area contributed by atoms with Gasteiger partial charge in [-0.15, -0.1) is 0 Å². The first kappa shape index (κ1) is 14.9. The van der Waals surface area contributed by atoms with Crippen LogP contribution in [0, 0.1) is 5.92 Å². The highest BCUT2D eigenvalue weighted by Gasteiger charge is 2.62. The second-order valence-electron chi connectivity index (χ2n) is 5.47. The molecule has 5 nitrogen and oxygen atoms in total. The van der Waals surface area contributed by atoms with Crippen molar-refractivity contribution in [2.24, 2.45) is 5.92 Å². The number of hydrogen-bond donors (Lipinski definition) is 1. The Balaban J connectivity index is 1.74. The van der Waals surface area contributed by atoms with Crippen LogP contribution in [0.3, 0.4) is 0 Å². The van der Waals surface area contributed by atoms with Gasteiger partial charge in [-0.05, 0) is 30.7 Å². The van der Waals surface area contributed by atoms with Crippen molar-refractivity contribution in [1.82, 2.24) is 0 Å². The molecule has 4 atom stereocenters. The number of halogens is 1. The highest BCUT2D eigenvalue weighted by Crippen LogP contribution is 2.49. The molecule has 1 saturated carbocycles. The number of ether oxygens (including phenoxy) is 3. The molecule has 1 saturated heterocycles. The molecule has 0 unspecified atom stereocenters. The van der Waals surface area contributed by atoms with Gasteiger partial charge in [0.15, 0.2) is 5.60 Å². The lowest BCUT2D eigenvalue weighted by Gasteiger charge is -2.31. The van der Waals surface area contributed by atoms with E-state index in [-0.39, 0.29) is 28.8 Å². The van der Waals surface area contributed by atoms with E-state index in [2.05, 4.69) is 22.6 Å². The van der Waals surface area contributed by atoms with Crippen LogP contribution >= 0.6 is 22.6 Å². The van der Waals surface area contributed by atoms with Crippen molar-refractivity contribution in [1.29, 1.82) is 0 Å². The van der Waals surface area contributed by atoms with Crippen LogP contribution < -0.4 is 9.47 Å². The molecular formula is C15H17IO5. The molecule has 2 aliphatic rings. The molecule has 3 rings (SSSR count). The summed E-state index contributed by atoms with van der Waals surface area (Å²) < 4.78 is 16.5. The van der Waals surface area contributed by atoms with E-state index in [1.807, 2.05) is 24.3 Å². The van der Waals surface area contributed by atoms with Crippen LogP contribution in [0.2, 0.25) is 0 Å². The average molecular weight is 404 g/mol. The second kappa shape index (κ2) is 5.64. The number of carbonyl (C=O) groups is 1. The quantitative estimate of drug-likeness (QED) is 0.472. The molecule has 0 radical (unpaired) electrons. The monoisotopic (exact) mass is 404 g/mol. The molecular weight excluding hydrogens is 387 g/mol. The zero-order chi connectivity index (χ0) is 15.0. The number of benzene rings is 1. The first-order valence-corrected chi connectivity index (χ1v) is 8.10. The summed E-state index contributed by atoms with van der Waals surface area (Å²) in [5, 5.41) is 10.1. The van der Waals surface area contributed by atoms with Gasteiger partial charge in [0, 0.05) is 5.92 Å². The summed E-state index contributed by atoms with van der Waals surface area (Å²) in [5.41, 5.74) is -0.711. The van der Waals surface area contributed by atoms with Crippen molar-refractivity contribution >= 4 is 28.6 Å². The van der Waals surface area contributed by atoms with E-state index in [0.29, 0.717) is 12.2 Å². The van der Waals surface area contributed by atoms with Crippen molar-refractivity contribution in [3.8, 4) is 11.5 Å². The van der Waals surface area contributed by atoms with Gasteiger partial charge in [0.2, 0.25) is 0 Å². The van der Waals surface area contributed by atoms with Crippen molar-refractivity contribution in [3.63, 3.8) is 0 Å². The van der Waals surface area contributed by atoms with Gasteiger partial charge in [-0.25, -0.2) is 0 Å². The van der Waals surface area contributed by atoms with Crippen LogP contribution in [0.4, 0.5) is 0 Å². The smallest absolute Gasteiger partial charge is 0.307 e. The van der Waals surface area contributed by atoms with Gasteiger partial charge in [0.25, 0.3) is 0 Å². The Labute approximate surface area is 136 Å². The van der Waals surface area contributed by atoms with E-state index in [1.54, 1.807) is 7.11 Å². The number of methoxy groups -OCH3 is 1. The van der Waals surface area contributed by atoms with Gasteiger partial charge in [0.1, 0.15) is 18.1 Å². The zero-order valence-corrected chi connectivity index (χ0v) is 13.8. The maximum absolute atomic E-state index is 11.6. The molecule has 0 bridgehead atoms. The van der Waals surface area contributed by atoms with Crippen LogP contribution in [0.25, 0.3) is 0 Å². The number of fused-ring (bicyclic) bond motifs is 1. The minimum Gasteiger partial charge on any atom is -0.497 e. The maximum Gasteiger partial charge on any atom is 0.307 e. The molecule has 1 aliphatic carbocycles. The van der Waals surface area contributed by atoms with Gasteiger partial charge < -0.3 is 19.3 Å². The predicted octanol–water partition coefficient (Wildman–Crippen LogP) is 1.94. The topological polar surface area (TPSA) is 65.0 Å². The van der Waals surface area contributed by atoms with E-state index in [4.69, 9.17) is 14.2 Å². The molecule has 0 amide bonds. The van der Waals surface area contributed by atoms with Gasteiger partial charge >= 0.3 is 5.97 Å². The Hall–Kier alpha value is -1.02. The molecule has 1 heterocycles. The molecule has 0 aromatic heterocycles. The van der Waals surface area contributed by atoms with E-state index in [1.165, 1.54) is 0 Å². The first-order chi connectivity index (χ1) is 10.0. The minimum absolute atomic E-state index is 0.0554. The Morgan fingerprint density at radius 1 is 1.38 bits per heavy atom. The van der Waals surface area contributed by atoms with Gasteiger partial charge in [-0.2, -0.15) is 0 Å². The summed E-state index contributed by atoms with van der Waals surface area (Å²) in [6.07, 6.45) is 0.398. The molecule has 1 N–H and O–H groups in total. The Morgan fingerprint density at radius 3 is 2.71 bits per heavy atom. The number of esters is 1. The summed E-state index contributed by atoms with van der Waals surface area (Å²) in [5.74, 6) is 1.02. The van der Waals surface area contributed by atoms with E-state index < -0.39 is 11.7 Å². The minimum atomic E-state index is -0.711. The largest absolute Gasteiger partial charge is 0.497 e. The number of alkyl halides is 1. The van der Waals surface area contributed by atoms with Crippen LogP contribution in [-0.4, -0.2) is 40.4 Å². The summed E-state index contributed by atoms with van der Waals surface area (Å²) >= 11 is 2.24. The fourth-order valence-electron chi connectivity index (χ4n) is 3.11. The Kier molecular flexibility index (Phi) is 4.00. The maximum atomic E-state index is 11.6. The molecule has 2 fully saturated rings. The summed E-state index contributed by atoms with van der Waals surface area (Å²) in [6, 6.07) is 7.26. The summed E-state index contributed by atoms with van der Waals surface area (Å²) in [6.45, 7) is 0.264. The van der Waals surface area contributed by atoms with Crippen molar-refractivity contribution in [2.75, 3.05) is 13.7 Å². The van der Waals surface area contributed by atoms with E-state index in [0.717, 1.165) is 5.75 Å². The molecule has 1 aromatic carbocycles. The molecule has 0 spiro atoms. The molecule has 1 aromatic rings. The standard InChI is InChI=1S/C15H17IO5/c1-19-9-2-4-10(5-3-9)20-8-15-11(6-14(18)21-15)12(17)7-13(15)16/h2-5,11-13,17H,6-8H2,1H3/t11-,12-,13-,15-/m1/s1. The van der Waals surface area contributed by atoms with Gasteiger partial charge in [-0.1, -0.05) is 22.6 Å². The third kappa shape index (κ3) is 2.59. The first-order valence-electron chi connectivity index (χ1n) is 6.86. The zero-order valence-electron chi connectivity index (χ0n) is 11.6. The third-order valence-corrected chi connectivity index (χ3v) is 5.85. The van der Waals surface area contributed by atoms with Crippen LogP contribution in [0.15, 0.2) is 24.3 Å². The SMILES string of the molecule is COc1ccc(OC[C@@]23OC(=O)C[C@@H]2[C@H](O)C[C@H]3I)cc1. The number of hydrogen-bond acceptors (Lipinski definition) is 5. The highest BCUT2D eigenvalue weighted by molar-refractivity contribution is 14.1. The van der Waals surface area contributed by atoms with Gasteiger partial charge in [0.05, 0.1) is 23.6 Å². The second-order valence-corrected chi connectivity index (χ2v) is 6.98. The van der Waals surface area contributed by atoms with E-state index in [9.17, 15) is 9.90 Å². The molecule has 1 aliphatic heterocycles. The normalized spacial score (nSPS) is 34.4. The molecule has 114 valence electrons. The summed E-state index contributed by atoms with van der Waals surface area (Å²) in [4.78, 5) is 11.6. The number of aliphatic hydroxyl groups is 1. The van der Waals surface area contributed by atoms with Crippen LogP contribution in [0.1, 0.15) is 12.8 Å². The fraction of sp³-hybridized carbons (Fsp3) is 0.533.